The predicted octanol–water partition coefficient (Wildman–Crippen LogP) is 4.30. The van der Waals surface area contributed by atoms with E-state index in [1.807, 2.05) is 25.1 Å². The van der Waals surface area contributed by atoms with Gasteiger partial charge in [0.15, 0.2) is 5.84 Å². The lowest BCUT2D eigenvalue weighted by Crippen LogP contribution is -2.12. The van der Waals surface area contributed by atoms with Crippen molar-refractivity contribution in [3.8, 4) is 11.5 Å². The van der Waals surface area contributed by atoms with Crippen LogP contribution in [0.1, 0.15) is 11.1 Å². The van der Waals surface area contributed by atoms with Gasteiger partial charge in [-0.05, 0) is 42.8 Å². The smallest absolute Gasteiger partial charge is 0.170 e. The van der Waals surface area contributed by atoms with E-state index in [1.54, 1.807) is 18.2 Å². The molecule has 3 N–H and O–H groups in total. The van der Waals surface area contributed by atoms with E-state index in [4.69, 9.17) is 27.3 Å². The van der Waals surface area contributed by atoms with E-state index in [-0.39, 0.29) is 5.84 Å². The van der Waals surface area contributed by atoms with Gasteiger partial charge >= 0.3 is 0 Å². The molecule has 0 unspecified atom stereocenters. The lowest BCUT2D eigenvalue weighted by Gasteiger charge is -2.11. The van der Waals surface area contributed by atoms with E-state index < -0.39 is 0 Å². The molecule has 0 heterocycles. The van der Waals surface area contributed by atoms with Crippen LogP contribution in [0.3, 0.4) is 0 Å². The Morgan fingerprint density at radius 1 is 1.25 bits per heavy atom. The van der Waals surface area contributed by atoms with Gasteiger partial charge in [0.1, 0.15) is 11.5 Å². The third-order valence-electron chi connectivity index (χ3n) is 2.71. The summed E-state index contributed by atoms with van der Waals surface area (Å²) >= 11 is 9.54. The summed E-state index contributed by atoms with van der Waals surface area (Å²) < 4.78 is 6.70. The van der Waals surface area contributed by atoms with Gasteiger partial charge in [-0.3, -0.25) is 0 Å². The number of oxime groups is 1. The normalized spacial score (nSPS) is 11.4. The second-order valence-corrected chi connectivity index (χ2v) is 5.47. The van der Waals surface area contributed by atoms with Crippen molar-refractivity contribution in [3.63, 3.8) is 0 Å². The minimum absolute atomic E-state index is 0.00270. The largest absolute Gasteiger partial charge is 0.455 e. The molecule has 0 saturated heterocycles. The maximum atomic E-state index is 8.63. The average Bonchev–Trinajstić information content (AvgIpc) is 2.44. The van der Waals surface area contributed by atoms with E-state index >= 15 is 0 Å². The van der Waals surface area contributed by atoms with Crippen LogP contribution in [-0.2, 0) is 0 Å². The summed E-state index contributed by atoms with van der Waals surface area (Å²) in [7, 11) is 0. The van der Waals surface area contributed by atoms with Crippen molar-refractivity contribution in [1.82, 2.24) is 0 Å². The Hall–Kier alpha value is -1.72. The highest BCUT2D eigenvalue weighted by Gasteiger charge is 2.09. The van der Waals surface area contributed by atoms with Gasteiger partial charge in [-0.15, -0.1) is 0 Å². The summed E-state index contributed by atoms with van der Waals surface area (Å²) in [4.78, 5) is 0. The number of halogens is 2. The monoisotopic (exact) mass is 354 g/mol. The Labute approximate surface area is 129 Å². The first-order chi connectivity index (χ1) is 9.51. The lowest BCUT2D eigenvalue weighted by atomic mass is 10.2. The molecule has 2 rings (SSSR count). The van der Waals surface area contributed by atoms with E-state index in [9.17, 15) is 0 Å². The van der Waals surface area contributed by atoms with Crippen LogP contribution in [0.25, 0.3) is 0 Å². The summed E-state index contributed by atoms with van der Waals surface area (Å²) in [5.41, 5.74) is 7.02. The number of amidine groups is 1. The van der Waals surface area contributed by atoms with E-state index in [0.29, 0.717) is 22.1 Å². The van der Waals surface area contributed by atoms with Crippen LogP contribution in [0.2, 0.25) is 5.02 Å². The van der Waals surface area contributed by atoms with Crippen LogP contribution in [-0.4, -0.2) is 11.0 Å². The topological polar surface area (TPSA) is 67.8 Å². The predicted molar refractivity (Wildman–Crippen MR) is 82.9 cm³/mol. The fourth-order valence-corrected chi connectivity index (χ4v) is 2.16. The Morgan fingerprint density at radius 3 is 2.65 bits per heavy atom. The molecule has 4 nitrogen and oxygen atoms in total. The molecule has 0 bridgehead atoms. The lowest BCUT2D eigenvalue weighted by molar-refractivity contribution is 0.318. The highest BCUT2D eigenvalue weighted by molar-refractivity contribution is 9.10. The highest BCUT2D eigenvalue weighted by atomic mass is 79.9. The van der Waals surface area contributed by atoms with Crippen LogP contribution in [0, 0.1) is 6.92 Å². The van der Waals surface area contributed by atoms with Gasteiger partial charge in [0.2, 0.25) is 0 Å². The number of hydrogen-bond acceptors (Lipinski definition) is 3. The molecule has 6 heteroatoms. The van der Waals surface area contributed by atoms with Crippen molar-refractivity contribution in [2.75, 3.05) is 0 Å². The zero-order valence-corrected chi connectivity index (χ0v) is 12.9. The molecule has 104 valence electrons. The highest BCUT2D eigenvalue weighted by Crippen LogP contribution is 2.33. The van der Waals surface area contributed by atoms with Gasteiger partial charge in [0.25, 0.3) is 0 Å². The molecular weight excluding hydrogens is 344 g/mol. The molecule has 0 fully saturated rings. The fourth-order valence-electron chi connectivity index (χ4n) is 1.60. The van der Waals surface area contributed by atoms with Crippen molar-refractivity contribution in [1.29, 1.82) is 0 Å². The number of ether oxygens (including phenoxy) is 1. The minimum Gasteiger partial charge on any atom is -0.455 e. The first-order valence-corrected chi connectivity index (χ1v) is 6.90. The molecule has 0 aliphatic carbocycles. The van der Waals surface area contributed by atoms with Crippen LogP contribution < -0.4 is 10.5 Å². The maximum absolute atomic E-state index is 8.63. The van der Waals surface area contributed by atoms with E-state index in [0.717, 1.165) is 10.0 Å². The molecule has 20 heavy (non-hydrogen) atoms. The van der Waals surface area contributed by atoms with Crippen molar-refractivity contribution in [3.05, 3.63) is 57.0 Å². The first-order valence-electron chi connectivity index (χ1n) is 5.72. The van der Waals surface area contributed by atoms with Crippen LogP contribution >= 0.6 is 27.5 Å². The second-order valence-electron chi connectivity index (χ2n) is 4.14. The zero-order valence-electron chi connectivity index (χ0n) is 10.6. The maximum Gasteiger partial charge on any atom is 0.170 e. The van der Waals surface area contributed by atoms with Gasteiger partial charge in [-0.2, -0.15) is 0 Å². The average molecular weight is 356 g/mol. The minimum atomic E-state index is -0.00270. The van der Waals surface area contributed by atoms with Gasteiger partial charge in [0, 0.05) is 10.0 Å². The summed E-state index contributed by atoms with van der Waals surface area (Å²) in [5.74, 6) is 1.21. The second kappa shape index (κ2) is 6.15. The van der Waals surface area contributed by atoms with E-state index in [2.05, 4.69) is 21.1 Å². The third kappa shape index (κ3) is 3.23. The molecule has 0 spiro atoms. The van der Waals surface area contributed by atoms with Crippen molar-refractivity contribution < 1.29 is 9.94 Å². The van der Waals surface area contributed by atoms with Crippen LogP contribution in [0.15, 0.2) is 46.0 Å². The molecule has 0 aliphatic heterocycles. The number of aryl methyl sites for hydroxylation is 1. The molecule has 0 amide bonds. The zero-order chi connectivity index (χ0) is 14.7. The number of hydrogen-bond donors (Lipinski definition) is 2. The van der Waals surface area contributed by atoms with Crippen molar-refractivity contribution in [2.45, 2.75) is 6.92 Å². The van der Waals surface area contributed by atoms with Crippen LogP contribution in [0.4, 0.5) is 0 Å². The summed E-state index contributed by atoms with van der Waals surface area (Å²) in [6.45, 7) is 1.94. The molecule has 0 saturated carbocycles. The molecule has 2 aromatic rings. The molecular formula is C14H12BrClN2O2. The Kier molecular flexibility index (Phi) is 4.52. The summed E-state index contributed by atoms with van der Waals surface area (Å²) in [6.07, 6.45) is 0. The molecule has 0 aromatic heterocycles. The summed E-state index contributed by atoms with van der Waals surface area (Å²) in [5, 5.41) is 11.9. The van der Waals surface area contributed by atoms with Crippen molar-refractivity contribution >= 4 is 33.4 Å². The Balaban J connectivity index is 2.33. The van der Waals surface area contributed by atoms with Crippen LogP contribution in [0.5, 0.6) is 11.5 Å². The number of nitrogens with zero attached hydrogens (tertiary/aromatic N) is 1. The van der Waals surface area contributed by atoms with Gasteiger partial charge in [-0.25, -0.2) is 0 Å². The van der Waals surface area contributed by atoms with Crippen molar-refractivity contribution in [2.24, 2.45) is 10.9 Å². The standard InChI is InChI=1S/C14H12BrClN2O2/c1-8-2-4-10(15)7-13(8)20-12-5-3-9(6-11(12)16)14(17)18-19/h2-7,19H,1H3,(H2,17,18). The molecule has 2 aromatic carbocycles. The van der Waals surface area contributed by atoms with Gasteiger partial charge < -0.3 is 15.7 Å². The van der Waals surface area contributed by atoms with E-state index in [1.165, 1.54) is 0 Å². The molecule has 0 atom stereocenters. The fraction of sp³-hybridized carbons (Fsp3) is 0.0714. The Bertz CT molecular complexity index is 674. The first kappa shape index (κ1) is 14.7. The SMILES string of the molecule is Cc1ccc(Br)cc1Oc1ccc(/C(N)=N/O)cc1Cl. The summed E-state index contributed by atoms with van der Waals surface area (Å²) in [6, 6.07) is 10.7. The van der Waals surface area contributed by atoms with Gasteiger partial charge in [-0.1, -0.05) is 38.8 Å². The Morgan fingerprint density at radius 2 is 2.00 bits per heavy atom. The third-order valence-corrected chi connectivity index (χ3v) is 3.49. The number of rotatable bonds is 3. The molecule has 0 radical (unpaired) electrons. The van der Waals surface area contributed by atoms with Gasteiger partial charge in [0.05, 0.1) is 5.02 Å². The molecule has 0 aliphatic rings. The quantitative estimate of drug-likeness (QED) is 0.373. The number of nitrogens with two attached hydrogens (primary N) is 1. The number of benzene rings is 2.